The number of hydrogen-bond donors (Lipinski definition) is 1. The van der Waals surface area contributed by atoms with Crippen LogP contribution in [-0.4, -0.2) is 35.7 Å². The van der Waals surface area contributed by atoms with Gasteiger partial charge in [-0.1, -0.05) is 6.92 Å². The molecular weight excluding hydrogens is 138 g/mol. The van der Waals surface area contributed by atoms with Crippen molar-refractivity contribution in [3.8, 4) is 0 Å². The zero-order valence-electron chi connectivity index (χ0n) is 8.22. The van der Waals surface area contributed by atoms with Gasteiger partial charge < -0.3 is 10.0 Å². The van der Waals surface area contributed by atoms with Gasteiger partial charge in [-0.05, 0) is 46.8 Å². The maximum atomic E-state index is 9.38. The van der Waals surface area contributed by atoms with Crippen molar-refractivity contribution in [2.75, 3.05) is 20.1 Å². The van der Waals surface area contributed by atoms with Gasteiger partial charge in [0.25, 0.3) is 0 Å². The molecule has 0 saturated heterocycles. The van der Waals surface area contributed by atoms with E-state index in [-0.39, 0.29) is 0 Å². The van der Waals surface area contributed by atoms with Crippen LogP contribution >= 0.6 is 0 Å². The van der Waals surface area contributed by atoms with E-state index in [1.807, 2.05) is 13.8 Å². The molecule has 0 fully saturated rings. The van der Waals surface area contributed by atoms with Crippen LogP contribution in [0.5, 0.6) is 0 Å². The van der Waals surface area contributed by atoms with Gasteiger partial charge in [-0.15, -0.1) is 0 Å². The van der Waals surface area contributed by atoms with E-state index in [4.69, 9.17) is 0 Å². The van der Waals surface area contributed by atoms with E-state index in [0.29, 0.717) is 0 Å². The Morgan fingerprint density at radius 1 is 1.36 bits per heavy atom. The van der Waals surface area contributed by atoms with Crippen molar-refractivity contribution >= 4 is 0 Å². The molecule has 0 saturated carbocycles. The fourth-order valence-electron chi connectivity index (χ4n) is 0.940. The van der Waals surface area contributed by atoms with E-state index in [0.717, 1.165) is 25.9 Å². The van der Waals surface area contributed by atoms with Crippen molar-refractivity contribution in [3.63, 3.8) is 0 Å². The summed E-state index contributed by atoms with van der Waals surface area (Å²) in [5, 5.41) is 9.38. The number of nitrogens with zero attached hydrogens (tertiary/aromatic N) is 1. The molecule has 0 unspecified atom stereocenters. The Morgan fingerprint density at radius 3 is 2.27 bits per heavy atom. The topological polar surface area (TPSA) is 23.5 Å². The first-order valence-electron chi connectivity index (χ1n) is 4.36. The van der Waals surface area contributed by atoms with E-state index < -0.39 is 5.60 Å². The molecule has 68 valence electrons. The molecule has 0 aliphatic heterocycles. The fourth-order valence-corrected chi connectivity index (χ4v) is 0.940. The minimum atomic E-state index is -0.491. The summed E-state index contributed by atoms with van der Waals surface area (Å²) in [6.07, 6.45) is 1.96. The average Bonchev–Trinajstić information content (AvgIpc) is 1.85. The van der Waals surface area contributed by atoms with Crippen molar-refractivity contribution in [1.82, 2.24) is 4.90 Å². The van der Waals surface area contributed by atoms with E-state index in [2.05, 4.69) is 18.9 Å². The molecule has 0 aromatic rings. The molecule has 0 bridgehead atoms. The number of rotatable bonds is 5. The predicted molar refractivity (Wildman–Crippen MR) is 48.7 cm³/mol. The smallest absolute Gasteiger partial charge is 0.0592 e. The minimum Gasteiger partial charge on any atom is -0.390 e. The molecule has 1 N–H and O–H groups in total. The van der Waals surface area contributed by atoms with Crippen molar-refractivity contribution in [2.45, 2.75) is 39.2 Å². The molecule has 0 heterocycles. The van der Waals surface area contributed by atoms with E-state index >= 15 is 0 Å². The second-order valence-electron chi connectivity index (χ2n) is 3.81. The molecular formula is C9H21NO. The SMILES string of the molecule is CCN(C)CCCC(C)(C)O. The van der Waals surface area contributed by atoms with Gasteiger partial charge in [0.15, 0.2) is 0 Å². The van der Waals surface area contributed by atoms with Crippen LogP contribution < -0.4 is 0 Å². The molecule has 0 aromatic carbocycles. The zero-order chi connectivity index (χ0) is 8.91. The van der Waals surface area contributed by atoms with Gasteiger partial charge in [-0.3, -0.25) is 0 Å². The summed E-state index contributed by atoms with van der Waals surface area (Å²) in [5.74, 6) is 0. The molecule has 0 rings (SSSR count). The minimum absolute atomic E-state index is 0.491. The molecule has 0 spiro atoms. The summed E-state index contributed by atoms with van der Waals surface area (Å²) in [7, 11) is 2.10. The Hall–Kier alpha value is -0.0800. The van der Waals surface area contributed by atoms with Crippen molar-refractivity contribution in [2.24, 2.45) is 0 Å². The van der Waals surface area contributed by atoms with Crippen molar-refractivity contribution < 1.29 is 5.11 Å². The Balaban J connectivity index is 3.28. The van der Waals surface area contributed by atoms with Crippen LogP contribution in [0, 0.1) is 0 Å². The number of aliphatic hydroxyl groups is 1. The Kier molecular flexibility index (Phi) is 4.69. The second kappa shape index (κ2) is 4.73. The highest BCUT2D eigenvalue weighted by Gasteiger charge is 2.11. The lowest BCUT2D eigenvalue weighted by atomic mass is 10.0. The molecule has 2 nitrogen and oxygen atoms in total. The van der Waals surface area contributed by atoms with E-state index in [1.54, 1.807) is 0 Å². The normalized spacial score (nSPS) is 12.5. The Morgan fingerprint density at radius 2 is 1.91 bits per heavy atom. The third kappa shape index (κ3) is 7.82. The van der Waals surface area contributed by atoms with Gasteiger partial charge in [-0.25, -0.2) is 0 Å². The molecule has 0 aliphatic rings. The van der Waals surface area contributed by atoms with Gasteiger partial charge >= 0.3 is 0 Å². The first-order chi connectivity index (χ1) is 4.95. The highest BCUT2D eigenvalue weighted by Crippen LogP contribution is 2.09. The summed E-state index contributed by atoms with van der Waals surface area (Å²) < 4.78 is 0. The van der Waals surface area contributed by atoms with E-state index in [1.165, 1.54) is 0 Å². The predicted octanol–water partition coefficient (Wildman–Crippen LogP) is 1.49. The molecule has 0 aromatic heterocycles. The van der Waals surface area contributed by atoms with Gasteiger partial charge in [0, 0.05) is 0 Å². The van der Waals surface area contributed by atoms with Crippen LogP contribution in [-0.2, 0) is 0 Å². The maximum absolute atomic E-state index is 9.38. The average molecular weight is 159 g/mol. The zero-order valence-corrected chi connectivity index (χ0v) is 8.22. The number of hydrogen-bond acceptors (Lipinski definition) is 2. The fraction of sp³-hybridized carbons (Fsp3) is 1.00. The lowest BCUT2D eigenvalue weighted by molar-refractivity contribution is 0.0661. The lowest BCUT2D eigenvalue weighted by Gasteiger charge is -2.19. The molecule has 0 aliphatic carbocycles. The molecule has 0 atom stereocenters. The van der Waals surface area contributed by atoms with Crippen LogP contribution in [0.4, 0.5) is 0 Å². The van der Waals surface area contributed by atoms with Crippen LogP contribution in [0.3, 0.4) is 0 Å². The molecule has 0 amide bonds. The molecule has 0 radical (unpaired) electrons. The van der Waals surface area contributed by atoms with Gasteiger partial charge in [0.05, 0.1) is 5.60 Å². The van der Waals surface area contributed by atoms with Gasteiger partial charge in [0.1, 0.15) is 0 Å². The monoisotopic (exact) mass is 159 g/mol. The standard InChI is InChI=1S/C9H21NO/c1-5-10(4)8-6-7-9(2,3)11/h11H,5-8H2,1-4H3. The van der Waals surface area contributed by atoms with E-state index in [9.17, 15) is 5.11 Å². The summed E-state index contributed by atoms with van der Waals surface area (Å²) in [6, 6.07) is 0. The van der Waals surface area contributed by atoms with Crippen molar-refractivity contribution in [3.05, 3.63) is 0 Å². The Labute approximate surface area is 70.2 Å². The summed E-state index contributed by atoms with van der Waals surface area (Å²) in [4.78, 5) is 2.26. The first-order valence-corrected chi connectivity index (χ1v) is 4.36. The molecule has 2 heteroatoms. The largest absolute Gasteiger partial charge is 0.390 e. The highest BCUT2D eigenvalue weighted by molar-refractivity contribution is 4.65. The Bertz CT molecular complexity index is 96.2. The molecule has 11 heavy (non-hydrogen) atoms. The lowest BCUT2D eigenvalue weighted by Crippen LogP contribution is -2.23. The quantitative estimate of drug-likeness (QED) is 0.657. The third-order valence-corrected chi connectivity index (χ3v) is 1.87. The first kappa shape index (κ1) is 10.9. The summed E-state index contributed by atoms with van der Waals surface area (Å²) in [6.45, 7) is 8.04. The summed E-state index contributed by atoms with van der Waals surface area (Å²) >= 11 is 0. The highest BCUT2D eigenvalue weighted by atomic mass is 16.3. The van der Waals surface area contributed by atoms with Crippen LogP contribution in [0.25, 0.3) is 0 Å². The second-order valence-corrected chi connectivity index (χ2v) is 3.81. The van der Waals surface area contributed by atoms with Crippen molar-refractivity contribution in [1.29, 1.82) is 0 Å². The van der Waals surface area contributed by atoms with Gasteiger partial charge in [-0.2, -0.15) is 0 Å². The van der Waals surface area contributed by atoms with Gasteiger partial charge in [0.2, 0.25) is 0 Å². The third-order valence-electron chi connectivity index (χ3n) is 1.87. The van der Waals surface area contributed by atoms with Crippen LogP contribution in [0.15, 0.2) is 0 Å². The van der Waals surface area contributed by atoms with Crippen LogP contribution in [0.1, 0.15) is 33.6 Å². The van der Waals surface area contributed by atoms with Crippen LogP contribution in [0.2, 0.25) is 0 Å². The maximum Gasteiger partial charge on any atom is 0.0592 e. The summed E-state index contributed by atoms with van der Waals surface area (Å²) in [5.41, 5.74) is -0.491.